The minimum absolute atomic E-state index is 0.0279. The van der Waals surface area contributed by atoms with Gasteiger partial charge in [-0.25, -0.2) is 0 Å². The molecule has 0 radical (unpaired) electrons. The summed E-state index contributed by atoms with van der Waals surface area (Å²) >= 11 is 6.17. The smallest absolute Gasteiger partial charge is 0.251 e. The first-order valence-electron chi connectivity index (χ1n) is 10.1. The predicted octanol–water partition coefficient (Wildman–Crippen LogP) is 4.70. The summed E-state index contributed by atoms with van der Waals surface area (Å²) in [4.78, 5) is 14.9. The van der Waals surface area contributed by atoms with Gasteiger partial charge in [-0.15, -0.1) is 0 Å². The molecule has 3 rings (SSSR count). The van der Waals surface area contributed by atoms with Crippen LogP contribution in [0.4, 0.5) is 0 Å². The topological polar surface area (TPSA) is 41.6 Å². The Morgan fingerprint density at radius 2 is 1.79 bits per heavy atom. The standard InChI is InChI=1S/C23H29ClN2O2/c1-3-17-5-8-19(9-6-17)23(27)25-20-11-13-26(14-12-20)16-18-7-10-21(24)22(15-18)28-4-2/h5-10,15,20H,3-4,11-14,16H2,1-2H3,(H,25,27). The van der Waals surface area contributed by atoms with Gasteiger partial charge in [-0.2, -0.15) is 0 Å². The minimum Gasteiger partial charge on any atom is -0.492 e. The van der Waals surface area contributed by atoms with Crippen LogP contribution < -0.4 is 10.1 Å². The highest BCUT2D eigenvalue weighted by Gasteiger charge is 2.21. The van der Waals surface area contributed by atoms with Crippen LogP contribution in [0.25, 0.3) is 0 Å². The van der Waals surface area contributed by atoms with Crippen LogP contribution in [-0.4, -0.2) is 36.5 Å². The highest BCUT2D eigenvalue weighted by atomic mass is 35.5. The molecule has 1 fully saturated rings. The lowest BCUT2D eigenvalue weighted by Crippen LogP contribution is -2.44. The zero-order chi connectivity index (χ0) is 19.9. The molecular formula is C23H29ClN2O2. The van der Waals surface area contributed by atoms with Gasteiger partial charge in [-0.3, -0.25) is 9.69 Å². The maximum absolute atomic E-state index is 12.5. The number of ether oxygens (including phenoxy) is 1. The molecule has 1 aliphatic rings. The number of benzene rings is 2. The molecule has 1 aliphatic heterocycles. The van der Waals surface area contributed by atoms with Crippen molar-refractivity contribution < 1.29 is 9.53 Å². The van der Waals surface area contributed by atoms with E-state index in [0.717, 1.165) is 50.2 Å². The number of carbonyl (C=O) groups excluding carboxylic acids is 1. The number of rotatable bonds is 7. The monoisotopic (exact) mass is 400 g/mol. The van der Waals surface area contributed by atoms with E-state index >= 15 is 0 Å². The molecule has 0 bridgehead atoms. The molecule has 150 valence electrons. The molecule has 28 heavy (non-hydrogen) atoms. The van der Waals surface area contributed by atoms with Gasteiger partial charge in [0.15, 0.2) is 0 Å². The van der Waals surface area contributed by atoms with E-state index in [4.69, 9.17) is 16.3 Å². The zero-order valence-corrected chi connectivity index (χ0v) is 17.5. The molecule has 0 saturated carbocycles. The van der Waals surface area contributed by atoms with E-state index in [0.29, 0.717) is 11.6 Å². The van der Waals surface area contributed by atoms with Gasteiger partial charge in [0.05, 0.1) is 11.6 Å². The van der Waals surface area contributed by atoms with Gasteiger partial charge < -0.3 is 10.1 Å². The first-order chi connectivity index (χ1) is 13.6. The van der Waals surface area contributed by atoms with Crippen molar-refractivity contribution in [3.63, 3.8) is 0 Å². The van der Waals surface area contributed by atoms with Crippen LogP contribution in [0.5, 0.6) is 5.75 Å². The quantitative estimate of drug-likeness (QED) is 0.732. The highest BCUT2D eigenvalue weighted by molar-refractivity contribution is 6.32. The molecule has 4 nitrogen and oxygen atoms in total. The normalized spacial score (nSPS) is 15.4. The van der Waals surface area contributed by atoms with E-state index in [1.165, 1.54) is 11.1 Å². The molecule has 2 aromatic rings. The van der Waals surface area contributed by atoms with Crippen LogP contribution in [0.3, 0.4) is 0 Å². The number of hydrogen-bond acceptors (Lipinski definition) is 3. The molecule has 1 N–H and O–H groups in total. The lowest BCUT2D eigenvalue weighted by molar-refractivity contribution is 0.0909. The van der Waals surface area contributed by atoms with Crippen molar-refractivity contribution >= 4 is 17.5 Å². The molecule has 0 atom stereocenters. The third-order valence-electron chi connectivity index (χ3n) is 5.25. The molecule has 1 amide bonds. The Hall–Kier alpha value is -2.04. The molecule has 0 spiro atoms. The molecule has 5 heteroatoms. The van der Waals surface area contributed by atoms with Gasteiger partial charge in [0.1, 0.15) is 5.75 Å². The van der Waals surface area contributed by atoms with Gasteiger partial charge >= 0.3 is 0 Å². The Balaban J connectivity index is 1.49. The number of likely N-dealkylation sites (tertiary alicyclic amines) is 1. The van der Waals surface area contributed by atoms with Crippen molar-refractivity contribution in [1.82, 2.24) is 10.2 Å². The molecular weight excluding hydrogens is 372 g/mol. The van der Waals surface area contributed by atoms with E-state index in [2.05, 4.69) is 23.2 Å². The van der Waals surface area contributed by atoms with Crippen molar-refractivity contribution in [3.8, 4) is 5.75 Å². The van der Waals surface area contributed by atoms with Gasteiger partial charge in [0, 0.05) is 31.2 Å². The van der Waals surface area contributed by atoms with E-state index in [-0.39, 0.29) is 11.9 Å². The van der Waals surface area contributed by atoms with E-state index in [1.54, 1.807) is 0 Å². The summed E-state index contributed by atoms with van der Waals surface area (Å²) < 4.78 is 5.59. The third kappa shape index (κ3) is 5.49. The van der Waals surface area contributed by atoms with Gasteiger partial charge in [-0.1, -0.05) is 36.7 Å². The fourth-order valence-electron chi connectivity index (χ4n) is 3.57. The van der Waals surface area contributed by atoms with Crippen LogP contribution in [0.2, 0.25) is 5.02 Å². The SMILES string of the molecule is CCOc1cc(CN2CCC(NC(=O)c3ccc(CC)cc3)CC2)ccc1Cl. The van der Waals surface area contributed by atoms with Crippen LogP contribution in [0.15, 0.2) is 42.5 Å². The van der Waals surface area contributed by atoms with Gasteiger partial charge in [-0.05, 0) is 61.6 Å². The first-order valence-corrected chi connectivity index (χ1v) is 10.5. The van der Waals surface area contributed by atoms with E-state index in [1.807, 2.05) is 43.3 Å². The summed E-state index contributed by atoms with van der Waals surface area (Å²) in [6.45, 7) is 7.48. The van der Waals surface area contributed by atoms with Crippen molar-refractivity contribution in [2.45, 2.75) is 45.7 Å². The molecule has 1 saturated heterocycles. The number of amides is 1. The summed E-state index contributed by atoms with van der Waals surface area (Å²) in [5.41, 5.74) is 3.19. The van der Waals surface area contributed by atoms with Gasteiger partial charge in [0.25, 0.3) is 5.91 Å². The summed E-state index contributed by atoms with van der Waals surface area (Å²) in [5, 5.41) is 3.84. The largest absolute Gasteiger partial charge is 0.492 e. The summed E-state index contributed by atoms with van der Waals surface area (Å²) in [6.07, 6.45) is 2.91. The maximum atomic E-state index is 12.5. The summed E-state index contributed by atoms with van der Waals surface area (Å²) in [5.74, 6) is 0.776. The summed E-state index contributed by atoms with van der Waals surface area (Å²) in [7, 11) is 0. The maximum Gasteiger partial charge on any atom is 0.251 e. The van der Waals surface area contributed by atoms with Crippen molar-refractivity contribution in [3.05, 3.63) is 64.2 Å². The lowest BCUT2D eigenvalue weighted by atomic mass is 10.0. The Labute approximate surface area is 172 Å². The minimum atomic E-state index is 0.0279. The second-order valence-electron chi connectivity index (χ2n) is 7.27. The first kappa shape index (κ1) is 20.7. The average Bonchev–Trinajstić information content (AvgIpc) is 2.72. The molecule has 0 aliphatic carbocycles. The fraction of sp³-hybridized carbons (Fsp3) is 0.435. The fourth-order valence-corrected chi connectivity index (χ4v) is 3.74. The number of carbonyl (C=O) groups is 1. The summed E-state index contributed by atoms with van der Waals surface area (Å²) in [6, 6.07) is 14.1. The van der Waals surface area contributed by atoms with E-state index < -0.39 is 0 Å². The number of piperidine rings is 1. The van der Waals surface area contributed by atoms with Crippen molar-refractivity contribution in [2.75, 3.05) is 19.7 Å². The number of nitrogens with zero attached hydrogens (tertiary/aromatic N) is 1. The predicted molar refractivity (Wildman–Crippen MR) is 114 cm³/mol. The van der Waals surface area contributed by atoms with Crippen LogP contribution in [0, 0.1) is 0 Å². The van der Waals surface area contributed by atoms with Crippen molar-refractivity contribution in [2.24, 2.45) is 0 Å². The number of nitrogens with one attached hydrogen (secondary N) is 1. The van der Waals surface area contributed by atoms with Gasteiger partial charge in [0.2, 0.25) is 0 Å². The Kier molecular flexibility index (Phi) is 7.35. The van der Waals surface area contributed by atoms with E-state index in [9.17, 15) is 4.79 Å². The number of aryl methyl sites for hydroxylation is 1. The van der Waals surface area contributed by atoms with Crippen LogP contribution in [0.1, 0.15) is 48.2 Å². The highest BCUT2D eigenvalue weighted by Crippen LogP contribution is 2.26. The molecule has 1 heterocycles. The Morgan fingerprint density at radius 1 is 1.11 bits per heavy atom. The third-order valence-corrected chi connectivity index (χ3v) is 5.56. The number of halogens is 1. The molecule has 2 aromatic carbocycles. The molecule has 0 unspecified atom stereocenters. The van der Waals surface area contributed by atoms with Crippen LogP contribution >= 0.6 is 11.6 Å². The second-order valence-corrected chi connectivity index (χ2v) is 7.68. The molecule has 0 aromatic heterocycles. The Bertz CT molecular complexity index is 784. The zero-order valence-electron chi connectivity index (χ0n) is 16.7. The second kappa shape index (κ2) is 9.94. The van der Waals surface area contributed by atoms with Crippen molar-refractivity contribution in [1.29, 1.82) is 0 Å². The number of hydrogen-bond donors (Lipinski definition) is 1. The lowest BCUT2D eigenvalue weighted by Gasteiger charge is -2.32. The van der Waals surface area contributed by atoms with Crippen LogP contribution in [-0.2, 0) is 13.0 Å². The Morgan fingerprint density at radius 3 is 2.43 bits per heavy atom. The average molecular weight is 401 g/mol.